The molecule has 2 aromatic rings. The van der Waals surface area contributed by atoms with Gasteiger partial charge in [0, 0.05) is 24.9 Å². The average Bonchev–Trinajstić information content (AvgIpc) is 3.19. The number of thiazole rings is 1. The number of halogens is 1. The Balaban J connectivity index is 1.42. The van der Waals surface area contributed by atoms with Gasteiger partial charge in [0.05, 0.1) is 15.8 Å². The zero-order valence-corrected chi connectivity index (χ0v) is 20.6. The molecule has 0 spiro atoms. The monoisotopic (exact) mass is 476 g/mol. The molecular formula is C24H29ClN2O2S2. The summed E-state index contributed by atoms with van der Waals surface area (Å²) in [5.74, 6) is 0. The highest BCUT2D eigenvalue weighted by molar-refractivity contribution is 7.93. The van der Waals surface area contributed by atoms with Crippen molar-refractivity contribution in [1.82, 2.24) is 4.98 Å². The average molecular weight is 477 g/mol. The maximum absolute atomic E-state index is 13.3. The number of sulfone groups is 1. The molecule has 1 aliphatic heterocycles. The minimum atomic E-state index is -3.36. The molecule has 2 heterocycles. The van der Waals surface area contributed by atoms with Gasteiger partial charge in [-0.2, -0.15) is 0 Å². The van der Waals surface area contributed by atoms with Crippen molar-refractivity contribution in [3.05, 3.63) is 70.3 Å². The Morgan fingerprint density at radius 2 is 1.87 bits per heavy atom. The van der Waals surface area contributed by atoms with Gasteiger partial charge in [-0.3, -0.25) is 0 Å². The molecule has 31 heavy (non-hydrogen) atoms. The highest BCUT2D eigenvalue weighted by atomic mass is 35.5. The summed E-state index contributed by atoms with van der Waals surface area (Å²) in [5.41, 5.74) is 4.99. The van der Waals surface area contributed by atoms with E-state index in [4.69, 9.17) is 16.6 Å². The van der Waals surface area contributed by atoms with Crippen LogP contribution in [0, 0.1) is 13.8 Å². The molecule has 1 aliphatic carbocycles. The molecule has 1 saturated heterocycles. The molecule has 2 unspecified atom stereocenters. The van der Waals surface area contributed by atoms with Crippen LogP contribution in [0.2, 0.25) is 0 Å². The van der Waals surface area contributed by atoms with E-state index in [9.17, 15) is 8.42 Å². The second-order valence-corrected chi connectivity index (χ2v) is 12.8. The number of aryl methyl sites for hydroxylation is 2. The highest BCUT2D eigenvalue weighted by Gasteiger charge is 2.44. The number of piperidine rings is 1. The van der Waals surface area contributed by atoms with E-state index < -0.39 is 20.0 Å². The van der Waals surface area contributed by atoms with E-state index in [0.29, 0.717) is 25.9 Å². The van der Waals surface area contributed by atoms with E-state index >= 15 is 0 Å². The van der Waals surface area contributed by atoms with E-state index in [1.807, 2.05) is 6.08 Å². The lowest BCUT2D eigenvalue weighted by Gasteiger charge is -2.36. The van der Waals surface area contributed by atoms with Crippen LogP contribution >= 0.6 is 22.9 Å². The Morgan fingerprint density at radius 1 is 1.19 bits per heavy atom. The second kappa shape index (κ2) is 8.72. The number of hydrogen-bond donors (Lipinski definition) is 0. The summed E-state index contributed by atoms with van der Waals surface area (Å²) in [7, 11) is -3.36. The number of allylic oxidation sites excluding steroid dienone is 3. The summed E-state index contributed by atoms with van der Waals surface area (Å²) >= 11 is 8.17. The van der Waals surface area contributed by atoms with Gasteiger partial charge in [0.15, 0.2) is 15.0 Å². The highest BCUT2D eigenvalue weighted by Crippen LogP contribution is 2.36. The van der Waals surface area contributed by atoms with Crippen molar-refractivity contribution in [3.8, 4) is 0 Å². The predicted octanol–water partition coefficient (Wildman–Crippen LogP) is 5.23. The Labute approximate surface area is 194 Å². The summed E-state index contributed by atoms with van der Waals surface area (Å²) in [6, 6.07) is 6.37. The summed E-state index contributed by atoms with van der Waals surface area (Å²) in [6.45, 7) is 7.46. The predicted molar refractivity (Wildman–Crippen MR) is 131 cm³/mol. The van der Waals surface area contributed by atoms with Gasteiger partial charge >= 0.3 is 0 Å². The molecule has 7 heteroatoms. The molecule has 4 rings (SSSR count). The first-order valence-corrected chi connectivity index (χ1v) is 13.6. The van der Waals surface area contributed by atoms with Gasteiger partial charge < -0.3 is 4.90 Å². The first-order chi connectivity index (χ1) is 14.7. The number of benzene rings is 1. The van der Waals surface area contributed by atoms with Crippen molar-refractivity contribution in [3.63, 3.8) is 0 Å². The van der Waals surface area contributed by atoms with E-state index in [1.54, 1.807) is 36.5 Å². The molecule has 1 fully saturated rings. The smallest absolute Gasteiger partial charge is 0.185 e. The van der Waals surface area contributed by atoms with Crippen LogP contribution in [0.25, 0.3) is 0 Å². The summed E-state index contributed by atoms with van der Waals surface area (Å²) in [4.78, 5) is 6.20. The van der Waals surface area contributed by atoms with E-state index in [2.05, 4.69) is 42.3 Å². The van der Waals surface area contributed by atoms with Crippen molar-refractivity contribution in [2.75, 3.05) is 18.0 Å². The fraction of sp³-hybridized carbons (Fsp3) is 0.458. The third-order valence-electron chi connectivity index (χ3n) is 6.45. The van der Waals surface area contributed by atoms with Crippen molar-refractivity contribution in [2.45, 2.75) is 55.4 Å². The van der Waals surface area contributed by atoms with E-state index in [-0.39, 0.29) is 5.25 Å². The van der Waals surface area contributed by atoms with E-state index in [1.165, 1.54) is 16.7 Å². The Kier molecular flexibility index (Phi) is 6.35. The van der Waals surface area contributed by atoms with Crippen LogP contribution in [0.3, 0.4) is 0 Å². The number of rotatable bonds is 5. The molecule has 0 N–H and O–H groups in total. The largest absolute Gasteiger partial charge is 0.348 e. The van der Waals surface area contributed by atoms with Crippen molar-refractivity contribution in [2.24, 2.45) is 0 Å². The molecule has 0 radical (unpaired) electrons. The van der Waals surface area contributed by atoms with Crippen LogP contribution in [0.5, 0.6) is 0 Å². The van der Waals surface area contributed by atoms with Crippen molar-refractivity contribution in [1.29, 1.82) is 0 Å². The van der Waals surface area contributed by atoms with Crippen LogP contribution in [-0.4, -0.2) is 41.9 Å². The minimum Gasteiger partial charge on any atom is -0.348 e. The Hall–Kier alpha value is -1.63. The molecule has 0 saturated carbocycles. The van der Waals surface area contributed by atoms with Gasteiger partial charge in [0.1, 0.15) is 5.25 Å². The molecule has 1 aromatic heterocycles. The van der Waals surface area contributed by atoms with Crippen LogP contribution in [0.4, 0.5) is 5.13 Å². The van der Waals surface area contributed by atoms with Gasteiger partial charge in [-0.15, -0.1) is 22.9 Å². The zero-order valence-electron chi connectivity index (χ0n) is 18.2. The van der Waals surface area contributed by atoms with Crippen LogP contribution < -0.4 is 4.90 Å². The van der Waals surface area contributed by atoms with Gasteiger partial charge in [-0.1, -0.05) is 42.5 Å². The quantitative estimate of drug-likeness (QED) is 0.554. The van der Waals surface area contributed by atoms with Gasteiger partial charge in [-0.25, -0.2) is 13.4 Å². The lowest BCUT2D eigenvalue weighted by molar-refractivity contribution is 0.518. The third kappa shape index (κ3) is 4.62. The summed E-state index contributed by atoms with van der Waals surface area (Å²) in [5, 5.41) is 2.08. The number of aromatic nitrogens is 1. The molecule has 4 nitrogen and oxygen atoms in total. The minimum absolute atomic E-state index is 0.364. The summed E-state index contributed by atoms with van der Waals surface area (Å²) in [6.07, 6.45) is 9.16. The molecule has 1 aromatic carbocycles. The molecule has 2 aliphatic rings. The van der Waals surface area contributed by atoms with Crippen molar-refractivity contribution < 1.29 is 8.42 Å². The Bertz CT molecular complexity index is 1090. The maximum atomic E-state index is 13.3. The zero-order chi connectivity index (χ0) is 22.2. The van der Waals surface area contributed by atoms with Crippen LogP contribution in [-0.2, 0) is 16.3 Å². The standard InChI is InChI=1S/C24H29ClN2O2S2/c1-17-7-6-8-18(2)21(17)15-19-16-30-23(26-19)27-13-10-20(11-14-27)31(28,29)22-9-4-5-12-24(22,3)25/h4-9,12,16,20,22H,10-11,13-15H2,1-3H3. The number of nitrogens with zero attached hydrogens (tertiary/aromatic N) is 2. The lowest BCUT2D eigenvalue weighted by atomic mass is 9.99. The van der Waals surface area contributed by atoms with Crippen LogP contribution in [0.15, 0.2) is 47.9 Å². The molecule has 0 amide bonds. The van der Waals surface area contributed by atoms with Crippen molar-refractivity contribution >= 4 is 37.9 Å². The normalized spacial score (nSPS) is 24.6. The summed E-state index contributed by atoms with van der Waals surface area (Å²) < 4.78 is 26.5. The lowest BCUT2D eigenvalue weighted by Crippen LogP contribution is -2.47. The van der Waals surface area contributed by atoms with E-state index in [0.717, 1.165) is 17.2 Å². The fourth-order valence-electron chi connectivity index (χ4n) is 4.54. The maximum Gasteiger partial charge on any atom is 0.185 e. The van der Waals surface area contributed by atoms with Gasteiger partial charge in [-0.05, 0) is 50.3 Å². The number of hydrogen-bond acceptors (Lipinski definition) is 5. The second-order valence-electron chi connectivity index (χ2n) is 8.76. The number of alkyl halides is 1. The SMILES string of the molecule is Cc1cccc(C)c1Cc1csc(N2CCC(S(=O)(=O)C3C=CC=CC3(C)Cl)CC2)n1. The number of anilines is 1. The first kappa shape index (κ1) is 22.6. The third-order valence-corrected chi connectivity index (χ3v) is 10.6. The molecule has 2 atom stereocenters. The first-order valence-electron chi connectivity index (χ1n) is 10.7. The van der Waals surface area contributed by atoms with Gasteiger partial charge in [0.25, 0.3) is 0 Å². The van der Waals surface area contributed by atoms with Gasteiger partial charge in [0.2, 0.25) is 0 Å². The molecule has 166 valence electrons. The topological polar surface area (TPSA) is 50.3 Å². The molecule has 0 bridgehead atoms. The Morgan fingerprint density at radius 3 is 2.52 bits per heavy atom. The van der Waals surface area contributed by atoms with Crippen LogP contribution in [0.1, 0.15) is 42.1 Å². The fourth-order valence-corrected chi connectivity index (χ4v) is 8.25. The molecular weight excluding hydrogens is 448 g/mol.